The largest absolute Gasteiger partial charge is 0.486 e. The van der Waals surface area contributed by atoms with Crippen molar-refractivity contribution < 1.29 is 13.9 Å². The highest BCUT2D eigenvalue weighted by molar-refractivity contribution is 6.30. The number of furan rings is 1. The molecule has 142 valence electrons. The Morgan fingerprint density at radius 2 is 1.81 bits per heavy atom. The van der Waals surface area contributed by atoms with E-state index in [0.717, 1.165) is 37.0 Å². The number of hydrogen-bond acceptors (Lipinski definition) is 3. The molecule has 1 amide bonds. The Balaban J connectivity index is 1.23. The molecule has 0 atom stereocenters. The summed E-state index contributed by atoms with van der Waals surface area (Å²) in [5, 5.41) is 3.97. The lowest BCUT2D eigenvalue weighted by atomic mass is 9.53. The highest BCUT2D eigenvalue weighted by Crippen LogP contribution is 2.55. The summed E-state index contributed by atoms with van der Waals surface area (Å²) in [4.78, 5) is 12.8. The lowest BCUT2D eigenvalue weighted by Gasteiger charge is -2.56. The molecule has 27 heavy (non-hydrogen) atoms. The molecule has 4 aliphatic rings. The smallest absolute Gasteiger partial charge is 0.287 e. The molecular weight excluding hydrogens is 362 g/mol. The van der Waals surface area contributed by atoms with Crippen LogP contribution in [0.15, 0.2) is 40.8 Å². The van der Waals surface area contributed by atoms with E-state index in [2.05, 4.69) is 5.32 Å². The van der Waals surface area contributed by atoms with Gasteiger partial charge in [-0.05, 0) is 86.6 Å². The van der Waals surface area contributed by atoms with Crippen molar-refractivity contribution in [1.82, 2.24) is 5.32 Å². The summed E-state index contributed by atoms with van der Waals surface area (Å²) >= 11 is 5.96. The van der Waals surface area contributed by atoms with E-state index in [1.807, 2.05) is 12.1 Å². The minimum absolute atomic E-state index is 0.00389. The van der Waals surface area contributed by atoms with Crippen molar-refractivity contribution in [3.05, 3.63) is 52.9 Å². The zero-order chi connectivity index (χ0) is 18.4. The van der Waals surface area contributed by atoms with Crippen molar-refractivity contribution >= 4 is 17.5 Å². The fraction of sp³-hybridized carbons (Fsp3) is 0.500. The third-order valence-electron chi connectivity index (χ3n) is 6.48. The van der Waals surface area contributed by atoms with E-state index in [-0.39, 0.29) is 18.1 Å². The Bertz CT molecular complexity index is 823. The Morgan fingerprint density at radius 3 is 2.48 bits per heavy atom. The maximum absolute atomic E-state index is 12.8. The first kappa shape index (κ1) is 17.2. The second-order valence-electron chi connectivity index (χ2n) is 8.66. The number of hydrogen-bond donors (Lipinski definition) is 1. The number of carbonyl (C=O) groups excluding carboxylic acids is 1. The summed E-state index contributed by atoms with van der Waals surface area (Å²) < 4.78 is 11.4. The zero-order valence-corrected chi connectivity index (χ0v) is 16.0. The van der Waals surface area contributed by atoms with E-state index in [1.165, 1.54) is 19.3 Å². The number of nitrogens with one attached hydrogen (secondary N) is 1. The summed E-state index contributed by atoms with van der Waals surface area (Å²) in [5.41, 5.74) is -0.00389. The van der Waals surface area contributed by atoms with Gasteiger partial charge in [0, 0.05) is 10.6 Å². The van der Waals surface area contributed by atoms with Crippen molar-refractivity contribution in [1.29, 1.82) is 0 Å². The van der Waals surface area contributed by atoms with Crippen molar-refractivity contribution in [2.75, 3.05) is 0 Å². The van der Waals surface area contributed by atoms with E-state index in [4.69, 9.17) is 20.8 Å². The first-order chi connectivity index (χ1) is 13.1. The molecule has 6 rings (SSSR count). The standard InChI is InChI=1S/C22H24ClNO3/c23-17-2-1-3-18(9-17)26-13-19-4-5-20(27-19)21(25)24-22-10-14-6-15(11-22)8-16(7-14)12-22/h1-5,9,14-16H,6-8,10-13H2,(H,24,25). The topological polar surface area (TPSA) is 51.5 Å². The highest BCUT2D eigenvalue weighted by atomic mass is 35.5. The molecule has 0 aliphatic heterocycles. The molecule has 4 fully saturated rings. The van der Waals surface area contributed by atoms with Crippen LogP contribution in [0.2, 0.25) is 5.02 Å². The molecule has 2 aromatic rings. The number of ether oxygens (including phenoxy) is 1. The third-order valence-corrected chi connectivity index (χ3v) is 6.71. The number of carbonyl (C=O) groups is 1. The SMILES string of the molecule is O=C(NC12CC3CC(CC(C3)C1)C2)c1ccc(COc2cccc(Cl)c2)o1. The van der Waals surface area contributed by atoms with E-state index in [0.29, 0.717) is 22.3 Å². The van der Waals surface area contributed by atoms with Crippen LogP contribution in [-0.2, 0) is 6.61 Å². The van der Waals surface area contributed by atoms with E-state index in [1.54, 1.807) is 24.3 Å². The quantitative estimate of drug-likeness (QED) is 0.768. The minimum atomic E-state index is -0.0917. The molecule has 0 spiro atoms. The van der Waals surface area contributed by atoms with Crippen molar-refractivity contribution in [2.24, 2.45) is 17.8 Å². The van der Waals surface area contributed by atoms with Gasteiger partial charge in [-0.25, -0.2) is 0 Å². The number of benzene rings is 1. The fourth-order valence-electron chi connectivity index (χ4n) is 5.85. The van der Waals surface area contributed by atoms with Crippen LogP contribution in [0.1, 0.15) is 54.8 Å². The molecule has 1 N–H and O–H groups in total. The predicted molar refractivity (Wildman–Crippen MR) is 103 cm³/mol. The average Bonchev–Trinajstić information content (AvgIpc) is 3.08. The third kappa shape index (κ3) is 3.47. The number of rotatable bonds is 5. The lowest BCUT2D eigenvalue weighted by molar-refractivity contribution is -0.0171. The van der Waals surface area contributed by atoms with E-state index >= 15 is 0 Å². The molecule has 4 aliphatic carbocycles. The maximum Gasteiger partial charge on any atom is 0.287 e. The summed E-state index contributed by atoms with van der Waals surface area (Å²) in [5.74, 6) is 3.99. The first-order valence-electron chi connectivity index (χ1n) is 9.86. The fourth-order valence-corrected chi connectivity index (χ4v) is 6.04. The molecule has 0 unspecified atom stereocenters. The van der Waals surface area contributed by atoms with Crippen LogP contribution in [0.4, 0.5) is 0 Å². The Labute approximate surface area is 164 Å². The van der Waals surface area contributed by atoms with Crippen LogP contribution < -0.4 is 10.1 Å². The van der Waals surface area contributed by atoms with Crippen LogP contribution in [0, 0.1) is 17.8 Å². The summed E-state index contributed by atoms with van der Waals surface area (Å²) in [6, 6.07) is 10.8. The predicted octanol–water partition coefficient (Wildman–Crippen LogP) is 5.21. The second kappa shape index (κ2) is 6.59. The Kier molecular flexibility index (Phi) is 4.19. The van der Waals surface area contributed by atoms with Crippen molar-refractivity contribution in [3.8, 4) is 5.75 Å². The van der Waals surface area contributed by atoms with E-state index in [9.17, 15) is 4.79 Å². The van der Waals surface area contributed by atoms with Gasteiger partial charge < -0.3 is 14.5 Å². The zero-order valence-electron chi connectivity index (χ0n) is 15.2. The highest BCUT2D eigenvalue weighted by Gasteiger charge is 2.51. The average molecular weight is 386 g/mol. The van der Waals surface area contributed by atoms with E-state index < -0.39 is 0 Å². The van der Waals surface area contributed by atoms with Gasteiger partial charge in [-0.3, -0.25) is 4.79 Å². The lowest BCUT2D eigenvalue weighted by Crippen LogP contribution is -2.59. The summed E-state index contributed by atoms with van der Waals surface area (Å²) in [7, 11) is 0. The number of amides is 1. The van der Waals surface area contributed by atoms with Gasteiger partial charge in [0.1, 0.15) is 18.1 Å². The van der Waals surface area contributed by atoms with Gasteiger partial charge in [-0.2, -0.15) is 0 Å². The molecular formula is C22H24ClNO3. The summed E-state index contributed by atoms with van der Waals surface area (Å²) in [6.45, 7) is 0.269. The van der Waals surface area contributed by atoms with Gasteiger partial charge >= 0.3 is 0 Å². The molecule has 4 nitrogen and oxygen atoms in total. The summed E-state index contributed by atoms with van der Waals surface area (Å²) in [6.07, 6.45) is 7.49. The maximum atomic E-state index is 12.8. The molecule has 4 bridgehead atoms. The van der Waals surface area contributed by atoms with Gasteiger partial charge in [0.25, 0.3) is 5.91 Å². The molecule has 1 heterocycles. The molecule has 0 saturated heterocycles. The van der Waals surface area contributed by atoms with Gasteiger partial charge in [-0.15, -0.1) is 0 Å². The Hall–Kier alpha value is -1.94. The molecule has 0 radical (unpaired) electrons. The first-order valence-corrected chi connectivity index (χ1v) is 10.2. The Morgan fingerprint density at radius 1 is 1.11 bits per heavy atom. The van der Waals surface area contributed by atoms with Crippen LogP contribution in [-0.4, -0.2) is 11.4 Å². The molecule has 4 saturated carbocycles. The van der Waals surface area contributed by atoms with Gasteiger partial charge in [-0.1, -0.05) is 17.7 Å². The van der Waals surface area contributed by atoms with Crippen molar-refractivity contribution in [3.63, 3.8) is 0 Å². The van der Waals surface area contributed by atoms with Crippen LogP contribution in [0.3, 0.4) is 0 Å². The molecule has 1 aromatic carbocycles. The van der Waals surface area contributed by atoms with Crippen LogP contribution >= 0.6 is 11.6 Å². The monoisotopic (exact) mass is 385 g/mol. The molecule has 5 heteroatoms. The van der Waals surface area contributed by atoms with Crippen LogP contribution in [0.5, 0.6) is 5.75 Å². The van der Waals surface area contributed by atoms with Crippen LogP contribution in [0.25, 0.3) is 0 Å². The second-order valence-corrected chi connectivity index (χ2v) is 9.10. The van der Waals surface area contributed by atoms with Crippen molar-refractivity contribution in [2.45, 2.75) is 50.7 Å². The van der Waals surface area contributed by atoms with Gasteiger partial charge in [0.15, 0.2) is 5.76 Å². The number of halogens is 1. The normalized spacial score (nSPS) is 31.1. The van der Waals surface area contributed by atoms with Gasteiger partial charge in [0.05, 0.1) is 0 Å². The molecule has 1 aromatic heterocycles. The van der Waals surface area contributed by atoms with Gasteiger partial charge in [0.2, 0.25) is 0 Å². The minimum Gasteiger partial charge on any atom is -0.486 e.